The second-order valence-electron chi connectivity index (χ2n) is 6.20. The van der Waals surface area contributed by atoms with Gasteiger partial charge in [-0.15, -0.1) is 0 Å². The van der Waals surface area contributed by atoms with E-state index in [2.05, 4.69) is 59.1 Å². The number of nitrogens with one attached hydrogen (secondary N) is 3. The fourth-order valence-electron chi connectivity index (χ4n) is 2.31. The molecule has 6 nitrogen and oxygen atoms in total. The number of hydrogen-bond acceptors (Lipinski definition) is 3. The van der Waals surface area contributed by atoms with E-state index >= 15 is 0 Å². The summed E-state index contributed by atoms with van der Waals surface area (Å²) in [6.07, 6.45) is 2.02. The van der Waals surface area contributed by atoms with Crippen LogP contribution in [0.2, 0.25) is 0 Å². The van der Waals surface area contributed by atoms with Gasteiger partial charge in [0.1, 0.15) is 0 Å². The maximum Gasteiger partial charge on any atom is 0.239 e. The Morgan fingerprint density at radius 3 is 2.44 bits per heavy atom. The van der Waals surface area contributed by atoms with Gasteiger partial charge in [0.05, 0.1) is 13.2 Å². The van der Waals surface area contributed by atoms with Gasteiger partial charge in [0.25, 0.3) is 0 Å². The smallest absolute Gasteiger partial charge is 0.239 e. The van der Waals surface area contributed by atoms with Crippen molar-refractivity contribution in [3.8, 4) is 0 Å². The van der Waals surface area contributed by atoms with Crippen LogP contribution in [-0.2, 0) is 16.0 Å². The molecule has 1 amide bonds. The largest absolute Gasteiger partial charge is 0.383 e. The molecular formula is C19H32N4O2. The van der Waals surface area contributed by atoms with Gasteiger partial charge in [-0.3, -0.25) is 9.79 Å². The van der Waals surface area contributed by atoms with Crippen molar-refractivity contribution in [1.82, 2.24) is 16.0 Å². The molecule has 0 aliphatic rings. The zero-order valence-electron chi connectivity index (χ0n) is 15.9. The molecule has 0 aliphatic carbocycles. The van der Waals surface area contributed by atoms with Crippen molar-refractivity contribution in [2.45, 2.75) is 32.6 Å². The normalized spacial score (nSPS) is 11.5. The minimum absolute atomic E-state index is 0.0785. The van der Waals surface area contributed by atoms with Crippen molar-refractivity contribution in [2.75, 3.05) is 40.4 Å². The SMILES string of the molecule is CN=C(NCCCc1ccc(C(C)C)cc1)NCC(=O)NCCOC. The third-order valence-electron chi connectivity index (χ3n) is 3.85. The molecule has 0 fully saturated rings. The molecule has 0 bridgehead atoms. The summed E-state index contributed by atoms with van der Waals surface area (Å²) < 4.78 is 4.89. The second kappa shape index (κ2) is 12.3. The predicted octanol–water partition coefficient (Wildman–Crippen LogP) is 1.67. The number of aryl methyl sites for hydroxylation is 1. The van der Waals surface area contributed by atoms with Crippen LogP contribution in [0.15, 0.2) is 29.3 Å². The first-order valence-electron chi connectivity index (χ1n) is 8.85. The highest BCUT2D eigenvalue weighted by Gasteiger charge is 2.03. The molecule has 140 valence electrons. The lowest BCUT2D eigenvalue weighted by Gasteiger charge is -2.12. The molecule has 1 aromatic rings. The van der Waals surface area contributed by atoms with Crippen LogP contribution in [0.3, 0.4) is 0 Å². The van der Waals surface area contributed by atoms with Crippen LogP contribution in [0.25, 0.3) is 0 Å². The van der Waals surface area contributed by atoms with E-state index in [1.807, 2.05) is 0 Å². The maximum atomic E-state index is 11.6. The Hall–Kier alpha value is -2.08. The van der Waals surface area contributed by atoms with Gasteiger partial charge in [0, 0.05) is 27.2 Å². The van der Waals surface area contributed by atoms with E-state index in [4.69, 9.17) is 4.74 Å². The molecule has 1 rings (SSSR count). The number of ether oxygens (including phenoxy) is 1. The number of benzene rings is 1. The summed E-state index contributed by atoms with van der Waals surface area (Å²) in [7, 11) is 3.30. The van der Waals surface area contributed by atoms with E-state index < -0.39 is 0 Å². The van der Waals surface area contributed by atoms with Crippen molar-refractivity contribution in [3.63, 3.8) is 0 Å². The van der Waals surface area contributed by atoms with Gasteiger partial charge in [0.2, 0.25) is 5.91 Å². The summed E-state index contributed by atoms with van der Waals surface area (Å²) in [4.78, 5) is 15.7. The minimum atomic E-state index is -0.0785. The van der Waals surface area contributed by atoms with Crippen molar-refractivity contribution < 1.29 is 9.53 Å². The lowest BCUT2D eigenvalue weighted by Crippen LogP contribution is -2.44. The van der Waals surface area contributed by atoms with Crippen LogP contribution in [-0.4, -0.2) is 52.3 Å². The van der Waals surface area contributed by atoms with Crippen molar-refractivity contribution in [1.29, 1.82) is 0 Å². The van der Waals surface area contributed by atoms with E-state index in [-0.39, 0.29) is 12.5 Å². The number of amides is 1. The van der Waals surface area contributed by atoms with Crippen molar-refractivity contribution in [2.24, 2.45) is 4.99 Å². The number of carbonyl (C=O) groups excluding carboxylic acids is 1. The average molecular weight is 348 g/mol. The summed E-state index contributed by atoms with van der Waals surface area (Å²) in [5, 5.41) is 8.98. The average Bonchev–Trinajstić information content (AvgIpc) is 2.61. The zero-order valence-corrected chi connectivity index (χ0v) is 15.9. The Bertz CT molecular complexity index is 527. The van der Waals surface area contributed by atoms with Gasteiger partial charge in [0.15, 0.2) is 5.96 Å². The number of guanidine groups is 1. The first-order valence-corrected chi connectivity index (χ1v) is 8.85. The summed E-state index contributed by atoms with van der Waals surface area (Å²) in [5.41, 5.74) is 2.71. The Labute approximate surface area is 151 Å². The van der Waals surface area contributed by atoms with Crippen LogP contribution in [0.1, 0.15) is 37.3 Å². The van der Waals surface area contributed by atoms with Gasteiger partial charge < -0.3 is 20.7 Å². The quantitative estimate of drug-likeness (QED) is 0.342. The Kier molecular flexibility index (Phi) is 10.3. The monoisotopic (exact) mass is 348 g/mol. The Balaban J connectivity index is 2.21. The molecule has 3 N–H and O–H groups in total. The Morgan fingerprint density at radius 2 is 1.84 bits per heavy atom. The molecule has 0 aliphatic heterocycles. The number of nitrogens with zero attached hydrogens (tertiary/aromatic N) is 1. The van der Waals surface area contributed by atoms with Crippen molar-refractivity contribution in [3.05, 3.63) is 35.4 Å². The van der Waals surface area contributed by atoms with Gasteiger partial charge in [-0.25, -0.2) is 0 Å². The molecule has 0 spiro atoms. The van der Waals surface area contributed by atoms with E-state index in [9.17, 15) is 4.79 Å². The highest BCUT2D eigenvalue weighted by Crippen LogP contribution is 2.15. The molecule has 0 radical (unpaired) electrons. The fraction of sp³-hybridized carbons (Fsp3) is 0.579. The van der Waals surface area contributed by atoms with Gasteiger partial charge >= 0.3 is 0 Å². The lowest BCUT2D eigenvalue weighted by atomic mass is 10.0. The Morgan fingerprint density at radius 1 is 1.12 bits per heavy atom. The van der Waals surface area contributed by atoms with Gasteiger partial charge in [-0.05, 0) is 29.9 Å². The molecule has 0 saturated heterocycles. The third kappa shape index (κ3) is 9.10. The lowest BCUT2D eigenvalue weighted by molar-refractivity contribution is -0.120. The molecule has 1 aromatic carbocycles. The summed E-state index contributed by atoms with van der Waals surface area (Å²) in [5.74, 6) is 1.12. The van der Waals surface area contributed by atoms with Crippen molar-refractivity contribution >= 4 is 11.9 Å². The third-order valence-corrected chi connectivity index (χ3v) is 3.85. The van der Waals surface area contributed by atoms with Crippen LogP contribution in [0.4, 0.5) is 0 Å². The first-order chi connectivity index (χ1) is 12.1. The minimum Gasteiger partial charge on any atom is -0.383 e. The molecule has 0 atom stereocenters. The topological polar surface area (TPSA) is 74.8 Å². The van der Waals surface area contributed by atoms with Crippen LogP contribution in [0.5, 0.6) is 0 Å². The highest BCUT2D eigenvalue weighted by atomic mass is 16.5. The van der Waals surface area contributed by atoms with Gasteiger partial charge in [-0.1, -0.05) is 38.1 Å². The fourth-order valence-corrected chi connectivity index (χ4v) is 2.31. The number of hydrogen-bond donors (Lipinski definition) is 3. The summed E-state index contributed by atoms with van der Waals surface area (Å²) >= 11 is 0. The van der Waals surface area contributed by atoms with E-state index in [0.717, 1.165) is 19.4 Å². The molecule has 0 unspecified atom stereocenters. The molecular weight excluding hydrogens is 316 g/mol. The van der Waals surface area contributed by atoms with Gasteiger partial charge in [-0.2, -0.15) is 0 Å². The number of rotatable bonds is 10. The van der Waals surface area contributed by atoms with Crippen LogP contribution >= 0.6 is 0 Å². The molecule has 6 heteroatoms. The zero-order chi connectivity index (χ0) is 18.5. The molecule has 0 saturated carbocycles. The van der Waals surface area contributed by atoms with Crippen LogP contribution in [0, 0.1) is 0 Å². The standard InChI is InChI=1S/C19H32N4O2/c1-15(2)17-9-7-16(8-10-17)6-5-11-22-19(20-3)23-14-18(24)21-12-13-25-4/h7-10,15H,5-6,11-14H2,1-4H3,(H,21,24)(H2,20,22,23). The maximum absolute atomic E-state index is 11.6. The van der Waals surface area contributed by atoms with E-state index in [1.165, 1.54) is 11.1 Å². The van der Waals surface area contributed by atoms with E-state index in [0.29, 0.717) is 25.0 Å². The number of carbonyl (C=O) groups is 1. The molecule has 0 aromatic heterocycles. The highest BCUT2D eigenvalue weighted by molar-refractivity contribution is 5.86. The predicted molar refractivity (Wildman–Crippen MR) is 103 cm³/mol. The number of methoxy groups -OCH3 is 1. The van der Waals surface area contributed by atoms with Crippen LogP contribution < -0.4 is 16.0 Å². The summed E-state index contributed by atoms with van der Waals surface area (Å²) in [6, 6.07) is 8.81. The molecule has 0 heterocycles. The summed E-state index contributed by atoms with van der Waals surface area (Å²) in [6.45, 7) is 6.43. The molecule has 25 heavy (non-hydrogen) atoms. The van der Waals surface area contributed by atoms with E-state index in [1.54, 1.807) is 14.2 Å². The first kappa shape index (κ1) is 21.0. The second-order valence-corrected chi connectivity index (χ2v) is 6.20. The number of aliphatic imine (C=N–C) groups is 1.